The Morgan fingerprint density at radius 2 is 1.58 bits per heavy atom. The number of nitrogens with one attached hydrogen (secondary N) is 2. The van der Waals surface area contributed by atoms with Crippen molar-refractivity contribution >= 4 is 17.7 Å². The highest BCUT2D eigenvalue weighted by atomic mass is 16.5. The van der Waals surface area contributed by atoms with E-state index in [0.717, 1.165) is 0 Å². The SMILES string of the molecule is COc1cc(OC)c(OC)cc1NC(=O)NC(C)(C)CCC(=O)O. The maximum absolute atomic E-state index is 12.2. The van der Waals surface area contributed by atoms with Crippen LogP contribution in [0.2, 0.25) is 0 Å². The number of carbonyl (C=O) groups excluding carboxylic acids is 1. The normalized spacial score (nSPS) is 10.7. The van der Waals surface area contributed by atoms with E-state index in [4.69, 9.17) is 19.3 Å². The van der Waals surface area contributed by atoms with Crippen LogP contribution in [0.5, 0.6) is 17.2 Å². The zero-order valence-corrected chi connectivity index (χ0v) is 14.6. The number of methoxy groups -OCH3 is 3. The molecule has 0 heterocycles. The molecule has 0 aromatic heterocycles. The van der Waals surface area contributed by atoms with Gasteiger partial charge in [0.1, 0.15) is 5.75 Å². The van der Waals surface area contributed by atoms with Gasteiger partial charge in [-0.25, -0.2) is 4.79 Å². The summed E-state index contributed by atoms with van der Waals surface area (Å²) >= 11 is 0. The molecule has 0 saturated carbocycles. The summed E-state index contributed by atoms with van der Waals surface area (Å²) in [6, 6.07) is 2.71. The lowest BCUT2D eigenvalue weighted by atomic mass is 9.99. The van der Waals surface area contributed by atoms with Gasteiger partial charge in [0.05, 0.1) is 27.0 Å². The third-order valence-electron chi connectivity index (χ3n) is 3.37. The minimum Gasteiger partial charge on any atom is -0.494 e. The summed E-state index contributed by atoms with van der Waals surface area (Å²) in [4.78, 5) is 22.9. The Balaban J connectivity index is 2.87. The van der Waals surface area contributed by atoms with Gasteiger partial charge in [-0.1, -0.05) is 0 Å². The molecule has 24 heavy (non-hydrogen) atoms. The second-order valence-electron chi connectivity index (χ2n) is 5.76. The first-order valence-corrected chi connectivity index (χ1v) is 7.33. The Kier molecular flexibility index (Phi) is 6.69. The van der Waals surface area contributed by atoms with E-state index in [9.17, 15) is 9.59 Å². The number of rotatable bonds is 8. The number of ether oxygens (including phenoxy) is 3. The smallest absolute Gasteiger partial charge is 0.319 e. The predicted octanol–water partition coefficient (Wildman–Crippen LogP) is 2.48. The van der Waals surface area contributed by atoms with Crippen LogP contribution in [0.25, 0.3) is 0 Å². The minimum absolute atomic E-state index is 0.0348. The van der Waals surface area contributed by atoms with Gasteiger partial charge in [0.25, 0.3) is 0 Å². The molecule has 0 spiro atoms. The molecular formula is C16H24N2O6. The summed E-state index contributed by atoms with van der Waals surface area (Å²) in [7, 11) is 4.46. The van der Waals surface area contributed by atoms with Gasteiger partial charge in [0.15, 0.2) is 11.5 Å². The molecule has 0 bridgehead atoms. The summed E-state index contributed by atoms with van der Waals surface area (Å²) in [5.74, 6) is 0.416. The van der Waals surface area contributed by atoms with Crippen molar-refractivity contribution in [2.24, 2.45) is 0 Å². The van der Waals surface area contributed by atoms with Gasteiger partial charge in [-0.3, -0.25) is 4.79 Å². The number of hydrogen-bond donors (Lipinski definition) is 3. The molecule has 2 amide bonds. The summed E-state index contributed by atoms with van der Waals surface area (Å²) in [5, 5.41) is 14.2. The van der Waals surface area contributed by atoms with Gasteiger partial charge >= 0.3 is 12.0 Å². The number of carboxylic acid groups (broad SMARTS) is 1. The Morgan fingerprint density at radius 3 is 2.08 bits per heavy atom. The van der Waals surface area contributed by atoms with Crippen molar-refractivity contribution in [2.75, 3.05) is 26.6 Å². The van der Waals surface area contributed by atoms with Crippen LogP contribution in [0.4, 0.5) is 10.5 Å². The van der Waals surface area contributed by atoms with Crippen molar-refractivity contribution in [3.63, 3.8) is 0 Å². The molecule has 0 aliphatic rings. The fourth-order valence-electron chi connectivity index (χ4n) is 2.07. The number of hydrogen-bond acceptors (Lipinski definition) is 5. The highest BCUT2D eigenvalue weighted by Crippen LogP contribution is 2.37. The quantitative estimate of drug-likeness (QED) is 0.671. The third-order valence-corrected chi connectivity index (χ3v) is 3.37. The van der Waals surface area contributed by atoms with E-state index in [1.807, 2.05) is 0 Å². The van der Waals surface area contributed by atoms with Crippen molar-refractivity contribution in [2.45, 2.75) is 32.2 Å². The average molecular weight is 340 g/mol. The maximum Gasteiger partial charge on any atom is 0.319 e. The number of benzene rings is 1. The van der Waals surface area contributed by atoms with Crippen LogP contribution in [0.3, 0.4) is 0 Å². The zero-order chi connectivity index (χ0) is 18.3. The van der Waals surface area contributed by atoms with E-state index in [2.05, 4.69) is 10.6 Å². The molecule has 1 aromatic rings. The van der Waals surface area contributed by atoms with Crippen LogP contribution >= 0.6 is 0 Å². The fourth-order valence-corrected chi connectivity index (χ4v) is 2.07. The second-order valence-corrected chi connectivity index (χ2v) is 5.76. The van der Waals surface area contributed by atoms with Gasteiger partial charge in [0.2, 0.25) is 0 Å². The third kappa shape index (κ3) is 5.53. The van der Waals surface area contributed by atoms with Crippen LogP contribution in [-0.4, -0.2) is 44.0 Å². The van der Waals surface area contributed by atoms with Gasteiger partial charge in [0, 0.05) is 24.1 Å². The van der Waals surface area contributed by atoms with E-state index >= 15 is 0 Å². The summed E-state index contributed by atoms with van der Waals surface area (Å²) < 4.78 is 15.6. The topological polar surface area (TPSA) is 106 Å². The number of amides is 2. The molecule has 0 aliphatic heterocycles. The fraction of sp³-hybridized carbons (Fsp3) is 0.500. The number of carboxylic acids is 1. The highest BCUT2D eigenvalue weighted by molar-refractivity contribution is 5.92. The lowest BCUT2D eigenvalue weighted by Crippen LogP contribution is -2.45. The molecule has 3 N–H and O–H groups in total. The molecule has 0 radical (unpaired) electrons. The number of carbonyl (C=O) groups is 2. The van der Waals surface area contributed by atoms with E-state index in [0.29, 0.717) is 29.4 Å². The van der Waals surface area contributed by atoms with Crippen LogP contribution in [0.15, 0.2) is 12.1 Å². The summed E-state index contributed by atoms with van der Waals surface area (Å²) in [6.07, 6.45) is 0.270. The van der Waals surface area contributed by atoms with E-state index in [-0.39, 0.29) is 6.42 Å². The predicted molar refractivity (Wildman–Crippen MR) is 89.2 cm³/mol. The molecule has 1 rings (SSSR count). The number of anilines is 1. The van der Waals surface area contributed by atoms with Crippen molar-refractivity contribution in [1.82, 2.24) is 5.32 Å². The molecule has 0 aliphatic carbocycles. The van der Waals surface area contributed by atoms with Crippen molar-refractivity contribution in [1.29, 1.82) is 0 Å². The monoisotopic (exact) mass is 340 g/mol. The molecule has 0 saturated heterocycles. The van der Waals surface area contributed by atoms with Crippen molar-refractivity contribution in [3.8, 4) is 17.2 Å². The van der Waals surface area contributed by atoms with Crippen LogP contribution in [0, 0.1) is 0 Å². The Hall–Kier alpha value is -2.64. The number of aliphatic carboxylic acids is 1. The molecule has 0 unspecified atom stereocenters. The minimum atomic E-state index is -0.910. The van der Waals surface area contributed by atoms with Crippen molar-refractivity contribution < 1.29 is 28.9 Å². The Labute approximate surface area is 141 Å². The van der Waals surface area contributed by atoms with Gasteiger partial charge in [-0.2, -0.15) is 0 Å². The lowest BCUT2D eigenvalue weighted by molar-refractivity contribution is -0.137. The molecule has 8 heteroatoms. The first kappa shape index (κ1) is 19.4. The van der Waals surface area contributed by atoms with E-state index in [1.54, 1.807) is 26.0 Å². The molecular weight excluding hydrogens is 316 g/mol. The number of urea groups is 1. The largest absolute Gasteiger partial charge is 0.494 e. The summed E-state index contributed by atoms with van der Waals surface area (Å²) in [6.45, 7) is 3.50. The van der Waals surface area contributed by atoms with Gasteiger partial charge in [-0.05, 0) is 20.3 Å². The van der Waals surface area contributed by atoms with Gasteiger partial charge in [-0.15, -0.1) is 0 Å². The van der Waals surface area contributed by atoms with E-state index in [1.165, 1.54) is 21.3 Å². The zero-order valence-electron chi connectivity index (χ0n) is 14.6. The highest BCUT2D eigenvalue weighted by Gasteiger charge is 2.22. The van der Waals surface area contributed by atoms with Crippen LogP contribution in [-0.2, 0) is 4.79 Å². The lowest BCUT2D eigenvalue weighted by Gasteiger charge is -2.26. The first-order chi connectivity index (χ1) is 11.2. The molecule has 1 aromatic carbocycles. The average Bonchev–Trinajstić information content (AvgIpc) is 2.52. The van der Waals surface area contributed by atoms with Crippen LogP contribution in [0.1, 0.15) is 26.7 Å². The maximum atomic E-state index is 12.2. The first-order valence-electron chi connectivity index (χ1n) is 7.33. The Bertz CT molecular complexity index is 600. The molecule has 0 fully saturated rings. The molecule has 0 atom stereocenters. The van der Waals surface area contributed by atoms with Crippen molar-refractivity contribution in [3.05, 3.63) is 12.1 Å². The second kappa shape index (κ2) is 8.28. The Morgan fingerprint density at radius 1 is 1.04 bits per heavy atom. The summed E-state index contributed by atoms with van der Waals surface area (Å²) in [5.41, 5.74) is -0.270. The van der Waals surface area contributed by atoms with Gasteiger partial charge < -0.3 is 30.0 Å². The van der Waals surface area contributed by atoms with Crippen LogP contribution < -0.4 is 24.8 Å². The van der Waals surface area contributed by atoms with E-state index < -0.39 is 17.5 Å². The standard InChI is InChI=1S/C16H24N2O6/c1-16(2,7-6-14(19)20)18-15(21)17-10-8-12(23-4)13(24-5)9-11(10)22-3/h8-9H,6-7H2,1-5H3,(H,19,20)(H2,17,18,21). The molecule has 134 valence electrons. The molecule has 8 nitrogen and oxygen atoms in total.